The number of carbonyl (C=O) groups excluding carboxylic acids is 3. The van der Waals surface area contributed by atoms with E-state index >= 15 is 0 Å². The van der Waals surface area contributed by atoms with Crippen molar-refractivity contribution in [2.24, 2.45) is 0 Å². The summed E-state index contributed by atoms with van der Waals surface area (Å²) in [6.45, 7) is 2.02. The highest BCUT2D eigenvalue weighted by atomic mass is 16.2. The van der Waals surface area contributed by atoms with Crippen molar-refractivity contribution in [2.75, 3.05) is 6.54 Å². The molecule has 0 aromatic carbocycles. The largest absolute Gasteiger partial charge is 0.296 e. The number of hydrogen-bond acceptors (Lipinski definition) is 3. The van der Waals surface area contributed by atoms with Crippen LogP contribution in [-0.4, -0.2) is 29.0 Å². The highest BCUT2D eigenvalue weighted by Crippen LogP contribution is 2.10. The smallest absolute Gasteiger partial charge is 0.289 e. The highest BCUT2D eigenvalue weighted by Gasteiger charge is 2.29. The quantitative estimate of drug-likeness (QED) is 0.551. The summed E-state index contributed by atoms with van der Waals surface area (Å²) < 4.78 is 0. The van der Waals surface area contributed by atoms with Gasteiger partial charge in [-0.05, 0) is 6.42 Å². The number of rotatable bonds is 2. The van der Waals surface area contributed by atoms with E-state index in [0.29, 0.717) is 19.4 Å². The summed E-state index contributed by atoms with van der Waals surface area (Å²) in [6, 6.07) is 0. The molecule has 1 aliphatic rings. The first-order valence-electron chi connectivity index (χ1n) is 4.04. The molecule has 1 aliphatic heterocycles. The lowest BCUT2D eigenvalue weighted by molar-refractivity contribution is -0.149. The van der Waals surface area contributed by atoms with Crippen molar-refractivity contribution in [1.29, 1.82) is 0 Å². The summed E-state index contributed by atoms with van der Waals surface area (Å²) in [5.74, 6) is -1.34. The van der Waals surface area contributed by atoms with Crippen molar-refractivity contribution >= 4 is 17.6 Å². The van der Waals surface area contributed by atoms with Crippen LogP contribution in [0.4, 0.5) is 0 Å². The first-order valence-corrected chi connectivity index (χ1v) is 4.04. The van der Waals surface area contributed by atoms with Crippen LogP contribution in [0.5, 0.6) is 0 Å². The van der Waals surface area contributed by atoms with Crippen LogP contribution in [0.1, 0.15) is 26.2 Å². The average Bonchev–Trinajstić information content (AvgIpc) is 2.48. The molecule has 2 amide bonds. The summed E-state index contributed by atoms with van der Waals surface area (Å²) >= 11 is 0. The fourth-order valence-corrected chi connectivity index (χ4v) is 1.16. The number of carbonyl (C=O) groups is 3. The number of Topliss-reactive ketones (excluding diaryl/α,β-unsaturated/α-hetero) is 1. The predicted molar refractivity (Wildman–Crippen MR) is 41.3 cm³/mol. The van der Waals surface area contributed by atoms with Gasteiger partial charge in [-0.3, -0.25) is 19.3 Å². The summed E-state index contributed by atoms with van der Waals surface area (Å²) in [7, 11) is 0. The third-order valence-electron chi connectivity index (χ3n) is 1.88. The zero-order valence-corrected chi connectivity index (χ0v) is 7.00. The minimum Gasteiger partial charge on any atom is -0.289 e. The Morgan fingerprint density at radius 3 is 2.58 bits per heavy atom. The molecular formula is C8H11NO3. The van der Waals surface area contributed by atoms with Crippen molar-refractivity contribution in [3.8, 4) is 0 Å². The zero-order chi connectivity index (χ0) is 9.14. The van der Waals surface area contributed by atoms with Crippen LogP contribution in [0.3, 0.4) is 0 Å². The van der Waals surface area contributed by atoms with Crippen molar-refractivity contribution < 1.29 is 14.4 Å². The molecule has 1 heterocycles. The van der Waals surface area contributed by atoms with Crippen molar-refractivity contribution in [1.82, 2.24) is 4.90 Å². The van der Waals surface area contributed by atoms with Gasteiger partial charge in [0, 0.05) is 19.4 Å². The fraction of sp³-hybridized carbons (Fsp3) is 0.625. The molecule has 0 aromatic heterocycles. The summed E-state index contributed by atoms with van der Waals surface area (Å²) in [5, 5.41) is 0. The Labute approximate surface area is 70.5 Å². The maximum atomic E-state index is 11.1. The molecular weight excluding hydrogens is 158 g/mol. The second-order valence-electron chi connectivity index (χ2n) is 2.73. The van der Waals surface area contributed by atoms with Gasteiger partial charge in [0.2, 0.25) is 11.7 Å². The second-order valence-corrected chi connectivity index (χ2v) is 2.73. The second kappa shape index (κ2) is 3.47. The molecule has 1 saturated heterocycles. The Hall–Kier alpha value is -1.19. The SMILES string of the molecule is CCC(=O)C(=O)N1CCCC1=O. The molecule has 12 heavy (non-hydrogen) atoms. The molecule has 1 fully saturated rings. The monoisotopic (exact) mass is 169 g/mol. The Balaban J connectivity index is 2.63. The van der Waals surface area contributed by atoms with Crippen LogP contribution in [0.2, 0.25) is 0 Å². The van der Waals surface area contributed by atoms with Crippen molar-refractivity contribution in [3.63, 3.8) is 0 Å². The fourth-order valence-electron chi connectivity index (χ4n) is 1.16. The van der Waals surface area contributed by atoms with Gasteiger partial charge in [-0.2, -0.15) is 0 Å². The van der Waals surface area contributed by atoms with Gasteiger partial charge in [0.25, 0.3) is 5.91 Å². The third kappa shape index (κ3) is 1.52. The van der Waals surface area contributed by atoms with Gasteiger partial charge in [-0.25, -0.2) is 0 Å². The zero-order valence-electron chi connectivity index (χ0n) is 7.00. The Morgan fingerprint density at radius 2 is 2.17 bits per heavy atom. The summed E-state index contributed by atoms with van der Waals surface area (Å²) in [6.07, 6.45) is 1.24. The van der Waals surface area contributed by atoms with Gasteiger partial charge in [0.15, 0.2) is 0 Å². The van der Waals surface area contributed by atoms with Crippen LogP contribution in [0.15, 0.2) is 0 Å². The van der Waals surface area contributed by atoms with Gasteiger partial charge in [0.1, 0.15) is 0 Å². The van der Waals surface area contributed by atoms with E-state index in [9.17, 15) is 14.4 Å². The number of ketones is 1. The predicted octanol–water partition coefficient (Wildman–Crippen LogP) is 0.115. The lowest BCUT2D eigenvalue weighted by Gasteiger charge is -2.10. The minimum atomic E-state index is -0.639. The maximum Gasteiger partial charge on any atom is 0.296 e. The van der Waals surface area contributed by atoms with Gasteiger partial charge in [-0.15, -0.1) is 0 Å². The van der Waals surface area contributed by atoms with E-state index < -0.39 is 11.7 Å². The van der Waals surface area contributed by atoms with Crippen LogP contribution in [0.25, 0.3) is 0 Å². The third-order valence-corrected chi connectivity index (χ3v) is 1.88. The van der Waals surface area contributed by atoms with E-state index in [2.05, 4.69) is 0 Å². The molecule has 0 spiro atoms. The average molecular weight is 169 g/mol. The van der Waals surface area contributed by atoms with Gasteiger partial charge in [0.05, 0.1) is 0 Å². The van der Waals surface area contributed by atoms with Crippen molar-refractivity contribution in [3.05, 3.63) is 0 Å². The Kier molecular flexibility index (Phi) is 2.58. The molecule has 0 saturated carbocycles. The molecule has 0 radical (unpaired) electrons. The van der Waals surface area contributed by atoms with Crippen LogP contribution in [0, 0.1) is 0 Å². The minimum absolute atomic E-state index is 0.169. The van der Waals surface area contributed by atoms with E-state index in [1.165, 1.54) is 0 Å². The molecule has 0 aliphatic carbocycles. The maximum absolute atomic E-state index is 11.1. The van der Waals surface area contributed by atoms with Crippen molar-refractivity contribution in [2.45, 2.75) is 26.2 Å². The molecule has 4 heteroatoms. The first-order chi connectivity index (χ1) is 5.66. The lowest BCUT2D eigenvalue weighted by atomic mass is 10.3. The molecule has 0 N–H and O–H groups in total. The number of nitrogens with zero attached hydrogens (tertiary/aromatic N) is 1. The Morgan fingerprint density at radius 1 is 1.50 bits per heavy atom. The number of imide groups is 1. The van der Waals surface area contributed by atoms with Gasteiger partial charge < -0.3 is 0 Å². The van der Waals surface area contributed by atoms with E-state index in [1.54, 1.807) is 6.92 Å². The number of hydrogen-bond donors (Lipinski definition) is 0. The van der Waals surface area contributed by atoms with Gasteiger partial charge >= 0.3 is 0 Å². The normalized spacial score (nSPS) is 16.8. The van der Waals surface area contributed by atoms with Crippen LogP contribution in [-0.2, 0) is 14.4 Å². The van der Waals surface area contributed by atoms with E-state index in [-0.39, 0.29) is 12.3 Å². The topological polar surface area (TPSA) is 54.5 Å². The standard InChI is InChI=1S/C8H11NO3/c1-2-6(10)8(12)9-5-3-4-7(9)11/h2-5H2,1H3. The molecule has 1 rings (SSSR count). The summed E-state index contributed by atoms with van der Waals surface area (Å²) in [5.41, 5.74) is 0. The number of amides is 2. The summed E-state index contributed by atoms with van der Waals surface area (Å²) in [4.78, 5) is 34.1. The van der Waals surface area contributed by atoms with E-state index in [4.69, 9.17) is 0 Å². The van der Waals surface area contributed by atoms with E-state index in [0.717, 1.165) is 4.90 Å². The number of likely N-dealkylation sites (tertiary alicyclic amines) is 1. The lowest BCUT2D eigenvalue weighted by Crippen LogP contribution is -2.36. The Bertz CT molecular complexity index is 234. The van der Waals surface area contributed by atoms with Crippen LogP contribution >= 0.6 is 0 Å². The molecule has 0 bridgehead atoms. The molecule has 0 aromatic rings. The van der Waals surface area contributed by atoms with Crippen LogP contribution < -0.4 is 0 Å². The molecule has 0 unspecified atom stereocenters. The van der Waals surface area contributed by atoms with Gasteiger partial charge in [-0.1, -0.05) is 6.92 Å². The molecule has 0 atom stereocenters. The molecule has 66 valence electrons. The first kappa shape index (κ1) is 8.90. The molecule has 4 nitrogen and oxygen atoms in total. The highest BCUT2D eigenvalue weighted by molar-refractivity contribution is 6.38. The van der Waals surface area contributed by atoms with E-state index in [1.807, 2.05) is 0 Å².